The standard InChI is InChI=1S/C12H14F3O3Si/c13-9-7-11(15)10(14)6-8(9)4-2-1-3-5-12(16,17)18-19/h6-7,16-17H,1-5H2. The number of unbranched alkanes of at least 4 members (excludes halogenated alkanes) is 2. The van der Waals surface area contributed by atoms with Crippen LogP contribution < -0.4 is 0 Å². The molecule has 0 saturated carbocycles. The molecule has 0 bridgehead atoms. The van der Waals surface area contributed by atoms with E-state index in [-0.39, 0.29) is 18.4 Å². The molecule has 7 heteroatoms. The first-order valence-electron chi connectivity index (χ1n) is 5.78. The van der Waals surface area contributed by atoms with Gasteiger partial charge in [0.15, 0.2) is 11.6 Å². The van der Waals surface area contributed by atoms with E-state index in [2.05, 4.69) is 14.9 Å². The van der Waals surface area contributed by atoms with Crippen molar-refractivity contribution in [1.29, 1.82) is 0 Å². The summed E-state index contributed by atoms with van der Waals surface area (Å²) in [6.07, 6.45) is 1.75. The van der Waals surface area contributed by atoms with Crippen LogP contribution in [0.4, 0.5) is 13.2 Å². The Bertz CT molecular complexity index is 427. The van der Waals surface area contributed by atoms with E-state index in [0.29, 0.717) is 25.3 Å². The molecule has 19 heavy (non-hydrogen) atoms. The maximum Gasteiger partial charge on any atom is 0.267 e. The molecule has 3 nitrogen and oxygen atoms in total. The number of benzene rings is 1. The van der Waals surface area contributed by atoms with Crippen LogP contribution in [-0.2, 0) is 10.8 Å². The summed E-state index contributed by atoms with van der Waals surface area (Å²) in [5.41, 5.74) is 0.106. The maximum atomic E-state index is 13.3. The predicted octanol–water partition coefficient (Wildman–Crippen LogP) is 1.95. The van der Waals surface area contributed by atoms with Crippen molar-refractivity contribution >= 4 is 10.5 Å². The fourth-order valence-corrected chi connectivity index (χ4v) is 1.76. The van der Waals surface area contributed by atoms with Gasteiger partial charge in [-0.3, -0.25) is 0 Å². The van der Waals surface area contributed by atoms with E-state index in [0.717, 1.165) is 6.07 Å². The summed E-state index contributed by atoms with van der Waals surface area (Å²) in [6.45, 7) is 0. The quantitative estimate of drug-likeness (QED) is 0.349. The predicted molar refractivity (Wildman–Crippen MR) is 62.5 cm³/mol. The van der Waals surface area contributed by atoms with E-state index in [1.54, 1.807) is 0 Å². The molecule has 0 spiro atoms. The Balaban J connectivity index is 2.36. The van der Waals surface area contributed by atoms with Gasteiger partial charge in [-0.05, 0) is 30.9 Å². The lowest BCUT2D eigenvalue weighted by molar-refractivity contribution is -0.295. The van der Waals surface area contributed by atoms with Gasteiger partial charge in [0.2, 0.25) is 0 Å². The van der Waals surface area contributed by atoms with Gasteiger partial charge in [0.1, 0.15) is 5.82 Å². The van der Waals surface area contributed by atoms with E-state index >= 15 is 0 Å². The maximum absolute atomic E-state index is 13.3. The summed E-state index contributed by atoms with van der Waals surface area (Å²) < 4.78 is 43.1. The molecule has 3 radical (unpaired) electrons. The fraction of sp³-hybridized carbons (Fsp3) is 0.500. The van der Waals surface area contributed by atoms with Crippen molar-refractivity contribution < 1.29 is 27.8 Å². The van der Waals surface area contributed by atoms with Gasteiger partial charge < -0.3 is 14.6 Å². The van der Waals surface area contributed by atoms with Gasteiger partial charge in [-0.25, -0.2) is 13.2 Å². The van der Waals surface area contributed by atoms with E-state index in [1.165, 1.54) is 0 Å². The Hall–Kier alpha value is -0.893. The Kier molecular flexibility index (Phi) is 5.99. The van der Waals surface area contributed by atoms with Crippen LogP contribution in [0, 0.1) is 17.5 Å². The van der Waals surface area contributed by atoms with Crippen molar-refractivity contribution in [3.63, 3.8) is 0 Å². The Morgan fingerprint density at radius 3 is 2.26 bits per heavy atom. The van der Waals surface area contributed by atoms with E-state index in [9.17, 15) is 13.2 Å². The second-order valence-electron chi connectivity index (χ2n) is 4.26. The van der Waals surface area contributed by atoms with Gasteiger partial charge in [-0.15, -0.1) is 0 Å². The lowest BCUT2D eigenvalue weighted by Gasteiger charge is -2.19. The van der Waals surface area contributed by atoms with Gasteiger partial charge in [0.05, 0.1) is 0 Å². The van der Waals surface area contributed by atoms with Crippen LogP contribution in [0.25, 0.3) is 0 Å². The molecule has 1 aromatic rings. The zero-order valence-electron chi connectivity index (χ0n) is 10.1. The Labute approximate surface area is 112 Å². The van der Waals surface area contributed by atoms with E-state index < -0.39 is 23.4 Å². The summed E-state index contributed by atoms with van der Waals surface area (Å²) in [7, 11) is 2.52. The average molecular weight is 291 g/mol. The third kappa shape index (κ3) is 5.31. The molecule has 0 aliphatic rings. The lowest BCUT2D eigenvalue weighted by Crippen LogP contribution is -2.30. The van der Waals surface area contributed by atoms with Crippen molar-refractivity contribution in [3.05, 3.63) is 35.1 Å². The van der Waals surface area contributed by atoms with Crippen molar-refractivity contribution in [2.75, 3.05) is 0 Å². The highest BCUT2D eigenvalue weighted by atomic mass is 28.2. The van der Waals surface area contributed by atoms with Gasteiger partial charge in [-0.1, -0.05) is 6.42 Å². The third-order valence-corrected chi connectivity index (χ3v) is 3.03. The summed E-state index contributed by atoms with van der Waals surface area (Å²) in [5, 5.41) is 18.2. The highest BCUT2D eigenvalue weighted by Crippen LogP contribution is 2.18. The molecule has 0 heterocycles. The summed E-state index contributed by atoms with van der Waals surface area (Å²) in [5.74, 6) is -5.29. The van der Waals surface area contributed by atoms with Crippen LogP contribution in [0.2, 0.25) is 0 Å². The van der Waals surface area contributed by atoms with Crippen LogP contribution >= 0.6 is 0 Å². The lowest BCUT2D eigenvalue weighted by atomic mass is 10.0. The number of hydrogen-bond acceptors (Lipinski definition) is 3. The normalized spacial score (nSPS) is 11.9. The molecule has 0 unspecified atom stereocenters. The highest BCUT2D eigenvalue weighted by Gasteiger charge is 2.20. The molecular weight excluding hydrogens is 277 g/mol. The van der Waals surface area contributed by atoms with Gasteiger partial charge >= 0.3 is 0 Å². The van der Waals surface area contributed by atoms with Crippen LogP contribution in [0.15, 0.2) is 12.1 Å². The largest absolute Gasteiger partial charge is 0.371 e. The van der Waals surface area contributed by atoms with Gasteiger partial charge in [-0.2, -0.15) is 0 Å². The molecule has 0 atom stereocenters. The van der Waals surface area contributed by atoms with Crippen LogP contribution in [0.5, 0.6) is 0 Å². The molecule has 1 aromatic carbocycles. The zero-order valence-corrected chi connectivity index (χ0v) is 11.1. The van der Waals surface area contributed by atoms with Crippen molar-refractivity contribution in [2.24, 2.45) is 0 Å². The molecule has 0 saturated heterocycles. The average Bonchev–Trinajstić information content (AvgIpc) is 2.35. The first-order valence-corrected chi connectivity index (χ1v) is 6.19. The minimum atomic E-state index is -2.23. The molecule has 1 rings (SSSR count). The van der Waals surface area contributed by atoms with Crippen molar-refractivity contribution in [2.45, 2.75) is 38.1 Å². The zero-order chi connectivity index (χ0) is 14.5. The number of hydrogen-bond donors (Lipinski definition) is 2. The monoisotopic (exact) mass is 291 g/mol. The minimum Gasteiger partial charge on any atom is -0.371 e. The second-order valence-corrected chi connectivity index (χ2v) is 4.47. The first-order chi connectivity index (χ1) is 8.85. The van der Waals surface area contributed by atoms with E-state index in [1.807, 2.05) is 0 Å². The van der Waals surface area contributed by atoms with E-state index in [4.69, 9.17) is 10.2 Å². The Morgan fingerprint density at radius 2 is 1.63 bits per heavy atom. The van der Waals surface area contributed by atoms with Crippen molar-refractivity contribution in [1.82, 2.24) is 0 Å². The number of halogens is 3. The number of aliphatic hydroxyl groups is 2. The van der Waals surface area contributed by atoms with Crippen LogP contribution in [-0.4, -0.2) is 26.7 Å². The summed E-state index contributed by atoms with van der Waals surface area (Å²) in [4.78, 5) is 0. The SMILES string of the molecule is OC(O)(CCCCCc1cc(F)c(F)cc1F)O[Si]. The molecule has 2 N–H and O–H groups in total. The molecular formula is C12H14F3O3Si. The second kappa shape index (κ2) is 7.04. The minimum absolute atomic E-state index is 0.0171. The van der Waals surface area contributed by atoms with Gasteiger partial charge in [0, 0.05) is 12.5 Å². The third-order valence-electron chi connectivity index (χ3n) is 2.70. The Morgan fingerprint density at radius 1 is 1.00 bits per heavy atom. The molecule has 0 aliphatic carbocycles. The molecule has 105 valence electrons. The first kappa shape index (κ1) is 16.2. The smallest absolute Gasteiger partial charge is 0.267 e. The number of aryl methyl sites for hydroxylation is 1. The topological polar surface area (TPSA) is 49.7 Å². The molecule has 0 fully saturated rings. The van der Waals surface area contributed by atoms with Crippen LogP contribution in [0.1, 0.15) is 31.2 Å². The summed E-state index contributed by atoms with van der Waals surface area (Å²) >= 11 is 0. The fourth-order valence-electron chi connectivity index (χ4n) is 1.65. The van der Waals surface area contributed by atoms with Gasteiger partial charge in [0.25, 0.3) is 16.5 Å². The molecule has 0 aliphatic heterocycles. The molecule has 0 aromatic heterocycles. The molecule has 0 amide bonds. The van der Waals surface area contributed by atoms with Crippen molar-refractivity contribution in [3.8, 4) is 0 Å². The van der Waals surface area contributed by atoms with Crippen LogP contribution in [0.3, 0.4) is 0 Å². The highest BCUT2D eigenvalue weighted by molar-refractivity contribution is 5.98. The summed E-state index contributed by atoms with van der Waals surface area (Å²) in [6, 6.07) is 1.37. The number of rotatable bonds is 7.